The fourth-order valence-corrected chi connectivity index (χ4v) is 4.99. The Morgan fingerprint density at radius 3 is 2.16 bits per heavy atom. The highest BCUT2D eigenvalue weighted by atomic mass is 16.5. The molecular formula is C32H43N3O3. The van der Waals surface area contributed by atoms with E-state index in [4.69, 9.17) is 14.7 Å². The Kier molecular flexibility index (Phi) is 9.53. The van der Waals surface area contributed by atoms with Crippen LogP contribution in [0.2, 0.25) is 0 Å². The van der Waals surface area contributed by atoms with Gasteiger partial charge >= 0.3 is 5.97 Å². The minimum atomic E-state index is -0.879. The zero-order valence-corrected chi connectivity index (χ0v) is 24.4. The van der Waals surface area contributed by atoms with E-state index in [0.717, 1.165) is 41.0 Å². The number of rotatable bonds is 11. The smallest absolute Gasteiger partial charge is 0.326 e. The summed E-state index contributed by atoms with van der Waals surface area (Å²) in [6.45, 7) is 16.7. The van der Waals surface area contributed by atoms with E-state index in [1.165, 1.54) is 16.7 Å². The van der Waals surface area contributed by atoms with E-state index in [0.29, 0.717) is 17.6 Å². The molecule has 6 nitrogen and oxygen atoms in total. The third-order valence-corrected chi connectivity index (χ3v) is 7.30. The summed E-state index contributed by atoms with van der Waals surface area (Å²) in [6.07, 6.45) is 1.72. The number of anilines is 1. The van der Waals surface area contributed by atoms with Gasteiger partial charge in [-0.05, 0) is 66.8 Å². The number of hydrogen-bond acceptors (Lipinski definition) is 5. The maximum Gasteiger partial charge on any atom is 0.326 e. The van der Waals surface area contributed by atoms with Crippen LogP contribution in [0.3, 0.4) is 0 Å². The molecule has 204 valence electrons. The molecule has 1 N–H and O–H groups in total. The normalized spacial score (nSPS) is 12.2. The second kappa shape index (κ2) is 12.4. The Morgan fingerprint density at radius 1 is 1.00 bits per heavy atom. The number of carboxylic acids is 1. The van der Waals surface area contributed by atoms with Crippen LogP contribution in [0.1, 0.15) is 81.0 Å². The van der Waals surface area contributed by atoms with Gasteiger partial charge in [0, 0.05) is 12.6 Å². The standard InChI is InChI=1S/C32H43N3O3/c1-10-23-13-12-14-24(11-2)28(23)30-33-22(8)26(31(34-30)35(9)29(20(5)6)32(36)37)18-38-27-17-25(19(3)4)16-15-21(27)7/h12-17,19-20,29H,10-11,18H2,1-9H3,(H,36,37)/t29-/m1/s1. The number of carboxylic acid groups (broad SMARTS) is 1. The van der Waals surface area contributed by atoms with Crippen molar-refractivity contribution in [3.63, 3.8) is 0 Å². The van der Waals surface area contributed by atoms with Gasteiger partial charge in [-0.15, -0.1) is 0 Å². The number of nitrogens with zero attached hydrogens (tertiary/aromatic N) is 3. The van der Waals surface area contributed by atoms with Crippen molar-refractivity contribution in [2.45, 2.75) is 86.8 Å². The Morgan fingerprint density at radius 2 is 1.63 bits per heavy atom. The Labute approximate surface area is 228 Å². The van der Waals surface area contributed by atoms with Crippen molar-refractivity contribution in [2.24, 2.45) is 5.92 Å². The predicted octanol–water partition coefficient (Wildman–Crippen LogP) is 7.13. The molecular weight excluding hydrogens is 474 g/mol. The third kappa shape index (κ3) is 6.17. The maximum atomic E-state index is 12.3. The summed E-state index contributed by atoms with van der Waals surface area (Å²) < 4.78 is 6.37. The maximum absolute atomic E-state index is 12.3. The molecule has 0 aliphatic carbocycles. The molecule has 0 saturated carbocycles. The Bertz CT molecular complexity index is 1260. The second-order valence-electron chi connectivity index (χ2n) is 10.7. The number of aliphatic carboxylic acids is 1. The van der Waals surface area contributed by atoms with E-state index in [9.17, 15) is 9.90 Å². The minimum absolute atomic E-state index is 0.121. The second-order valence-corrected chi connectivity index (χ2v) is 10.7. The van der Waals surface area contributed by atoms with Crippen LogP contribution in [-0.4, -0.2) is 34.1 Å². The van der Waals surface area contributed by atoms with Gasteiger partial charge in [-0.25, -0.2) is 14.8 Å². The van der Waals surface area contributed by atoms with Gasteiger partial charge in [0.25, 0.3) is 0 Å². The third-order valence-electron chi connectivity index (χ3n) is 7.30. The van der Waals surface area contributed by atoms with E-state index in [1.54, 1.807) is 4.90 Å². The first kappa shape index (κ1) is 29.2. The first-order valence-corrected chi connectivity index (χ1v) is 13.7. The van der Waals surface area contributed by atoms with Gasteiger partial charge in [-0.2, -0.15) is 0 Å². The Balaban J connectivity index is 2.18. The molecule has 2 aromatic carbocycles. The summed E-state index contributed by atoms with van der Waals surface area (Å²) in [4.78, 5) is 24.1. The summed E-state index contributed by atoms with van der Waals surface area (Å²) in [5, 5.41) is 10.1. The number of benzene rings is 2. The summed E-state index contributed by atoms with van der Waals surface area (Å²) in [7, 11) is 1.81. The molecule has 6 heteroatoms. The lowest BCUT2D eigenvalue weighted by molar-refractivity contribution is -0.139. The zero-order chi connectivity index (χ0) is 28.1. The predicted molar refractivity (Wildman–Crippen MR) is 155 cm³/mol. The fourth-order valence-electron chi connectivity index (χ4n) is 4.99. The van der Waals surface area contributed by atoms with Gasteiger partial charge in [0.05, 0.1) is 11.3 Å². The van der Waals surface area contributed by atoms with Crippen molar-refractivity contribution in [2.75, 3.05) is 11.9 Å². The lowest BCUT2D eigenvalue weighted by Crippen LogP contribution is -2.43. The van der Waals surface area contributed by atoms with Crippen LogP contribution in [0.25, 0.3) is 11.4 Å². The van der Waals surface area contributed by atoms with Crippen molar-refractivity contribution in [3.8, 4) is 17.1 Å². The van der Waals surface area contributed by atoms with Crippen LogP contribution in [0.5, 0.6) is 5.75 Å². The number of hydrogen-bond donors (Lipinski definition) is 1. The van der Waals surface area contributed by atoms with E-state index < -0.39 is 12.0 Å². The molecule has 0 unspecified atom stereocenters. The monoisotopic (exact) mass is 517 g/mol. The quantitative estimate of drug-likeness (QED) is 0.291. The lowest BCUT2D eigenvalue weighted by atomic mass is 9.96. The number of likely N-dealkylation sites (N-methyl/N-ethyl adjacent to an activating group) is 1. The number of aryl methyl sites for hydroxylation is 4. The van der Waals surface area contributed by atoms with Gasteiger partial charge in [0.1, 0.15) is 24.2 Å². The molecule has 0 fully saturated rings. The van der Waals surface area contributed by atoms with Crippen LogP contribution >= 0.6 is 0 Å². The van der Waals surface area contributed by atoms with Gasteiger partial charge in [-0.3, -0.25) is 0 Å². The van der Waals surface area contributed by atoms with E-state index in [-0.39, 0.29) is 12.5 Å². The first-order chi connectivity index (χ1) is 18.0. The van der Waals surface area contributed by atoms with Crippen molar-refractivity contribution in [1.82, 2.24) is 9.97 Å². The minimum Gasteiger partial charge on any atom is -0.488 e. The topological polar surface area (TPSA) is 75.5 Å². The summed E-state index contributed by atoms with van der Waals surface area (Å²) in [6, 6.07) is 11.9. The summed E-state index contributed by atoms with van der Waals surface area (Å²) >= 11 is 0. The number of carbonyl (C=O) groups is 1. The van der Waals surface area contributed by atoms with Gasteiger partial charge in [0.15, 0.2) is 5.82 Å². The van der Waals surface area contributed by atoms with Crippen LogP contribution in [0.15, 0.2) is 36.4 Å². The number of ether oxygens (including phenoxy) is 1. The van der Waals surface area contributed by atoms with E-state index in [1.807, 2.05) is 34.7 Å². The number of aromatic nitrogens is 2. The lowest BCUT2D eigenvalue weighted by Gasteiger charge is -2.31. The van der Waals surface area contributed by atoms with Crippen molar-refractivity contribution >= 4 is 11.8 Å². The molecule has 0 aliphatic heterocycles. The molecule has 1 atom stereocenters. The molecule has 0 amide bonds. The summed E-state index contributed by atoms with van der Waals surface area (Å²) in [5.41, 5.74) is 7.25. The van der Waals surface area contributed by atoms with Gasteiger partial charge < -0.3 is 14.7 Å². The molecule has 0 spiro atoms. The SMILES string of the molecule is CCc1cccc(CC)c1-c1nc(C)c(COc2cc(C(C)C)ccc2C)c(N(C)[C@@H](C(=O)O)C(C)C)n1. The molecule has 0 saturated heterocycles. The van der Waals surface area contributed by atoms with Crippen molar-refractivity contribution in [1.29, 1.82) is 0 Å². The zero-order valence-electron chi connectivity index (χ0n) is 24.4. The van der Waals surface area contributed by atoms with Crippen LogP contribution in [0.4, 0.5) is 5.82 Å². The van der Waals surface area contributed by atoms with Crippen LogP contribution < -0.4 is 9.64 Å². The van der Waals surface area contributed by atoms with Crippen LogP contribution in [0, 0.1) is 19.8 Å². The van der Waals surface area contributed by atoms with Gasteiger partial charge in [0.2, 0.25) is 0 Å². The van der Waals surface area contributed by atoms with Gasteiger partial charge in [-0.1, -0.05) is 71.9 Å². The highest BCUT2D eigenvalue weighted by Crippen LogP contribution is 2.33. The molecule has 0 radical (unpaired) electrons. The van der Waals surface area contributed by atoms with Crippen LogP contribution in [-0.2, 0) is 24.2 Å². The molecule has 1 heterocycles. The average molecular weight is 518 g/mol. The van der Waals surface area contributed by atoms with E-state index >= 15 is 0 Å². The highest BCUT2D eigenvalue weighted by Gasteiger charge is 2.30. The molecule has 0 aliphatic rings. The molecule has 0 bridgehead atoms. The highest BCUT2D eigenvalue weighted by molar-refractivity contribution is 5.79. The largest absolute Gasteiger partial charge is 0.488 e. The Hall–Kier alpha value is -3.41. The fraction of sp³-hybridized carbons (Fsp3) is 0.469. The summed E-state index contributed by atoms with van der Waals surface area (Å²) in [5.74, 6) is 1.43. The molecule has 3 aromatic rings. The van der Waals surface area contributed by atoms with E-state index in [2.05, 4.69) is 64.1 Å². The molecule has 38 heavy (non-hydrogen) atoms. The van der Waals surface area contributed by atoms with Crippen molar-refractivity contribution < 1.29 is 14.6 Å². The average Bonchev–Trinajstić information content (AvgIpc) is 2.87. The molecule has 3 rings (SSSR count). The first-order valence-electron chi connectivity index (χ1n) is 13.7. The van der Waals surface area contributed by atoms with Crippen molar-refractivity contribution in [3.05, 3.63) is 69.9 Å². The molecule has 1 aromatic heterocycles.